The van der Waals surface area contributed by atoms with Gasteiger partial charge in [0.25, 0.3) is 5.91 Å². The van der Waals surface area contributed by atoms with Crippen molar-refractivity contribution in [1.82, 2.24) is 15.2 Å². The van der Waals surface area contributed by atoms with Crippen LogP contribution in [-0.2, 0) is 6.42 Å². The molecule has 0 fully saturated rings. The van der Waals surface area contributed by atoms with Crippen LogP contribution in [0.4, 0.5) is 11.6 Å². The van der Waals surface area contributed by atoms with Crippen LogP contribution in [0.15, 0.2) is 24.3 Å². The van der Waals surface area contributed by atoms with Crippen LogP contribution >= 0.6 is 0 Å². The van der Waals surface area contributed by atoms with Crippen molar-refractivity contribution < 1.29 is 9.90 Å². The minimum atomic E-state index is -0.400. The average molecular weight is 261 g/mol. The number of aliphatic hydroxyl groups is 1. The van der Waals surface area contributed by atoms with Crippen molar-refractivity contribution in [3.05, 3.63) is 35.7 Å². The molecule has 0 bridgehead atoms. The Morgan fingerprint density at radius 1 is 1.47 bits per heavy atom. The molecule has 0 saturated heterocycles. The van der Waals surface area contributed by atoms with Crippen molar-refractivity contribution in [2.24, 2.45) is 0 Å². The number of aromatic nitrogens is 3. The molecule has 100 valence electrons. The van der Waals surface area contributed by atoms with Crippen molar-refractivity contribution in [2.75, 3.05) is 17.7 Å². The molecule has 0 atom stereocenters. The van der Waals surface area contributed by atoms with Gasteiger partial charge in [0.05, 0.1) is 0 Å². The second kappa shape index (κ2) is 5.96. The fraction of sp³-hybridized carbons (Fsp3) is 0.250. The number of aryl methyl sites for hydroxylation is 1. The number of nitrogens with two attached hydrogens (primary N) is 1. The topological polar surface area (TPSA) is 117 Å². The number of amides is 1. The highest BCUT2D eigenvalue weighted by Crippen LogP contribution is 2.13. The van der Waals surface area contributed by atoms with Crippen LogP contribution in [0.25, 0.3) is 0 Å². The summed E-state index contributed by atoms with van der Waals surface area (Å²) in [6, 6.07) is 7.42. The van der Waals surface area contributed by atoms with E-state index >= 15 is 0 Å². The quantitative estimate of drug-likeness (QED) is 0.627. The third kappa shape index (κ3) is 3.52. The Balaban J connectivity index is 2.04. The molecule has 2 aromatic rings. The molecular formula is C12H15N5O2. The lowest BCUT2D eigenvalue weighted by atomic mass is 10.1. The van der Waals surface area contributed by atoms with E-state index in [9.17, 15) is 4.79 Å². The maximum absolute atomic E-state index is 11.8. The summed E-state index contributed by atoms with van der Waals surface area (Å²) >= 11 is 0. The monoisotopic (exact) mass is 261 g/mol. The number of H-pyrrole nitrogens is 1. The number of nitrogens with zero attached hydrogens (tertiary/aromatic N) is 2. The van der Waals surface area contributed by atoms with Gasteiger partial charge in [-0.3, -0.25) is 9.89 Å². The second-order valence-corrected chi connectivity index (χ2v) is 4.02. The fourth-order valence-electron chi connectivity index (χ4n) is 1.65. The highest BCUT2D eigenvalue weighted by Gasteiger charge is 2.10. The van der Waals surface area contributed by atoms with Gasteiger partial charge in [0.15, 0.2) is 0 Å². The van der Waals surface area contributed by atoms with Gasteiger partial charge < -0.3 is 16.2 Å². The third-order valence-corrected chi connectivity index (χ3v) is 2.53. The van der Waals surface area contributed by atoms with E-state index in [-0.39, 0.29) is 18.4 Å². The molecular weight excluding hydrogens is 246 g/mol. The van der Waals surface area contributed by atoms with E-state index in [1.165, 1.54) is 0 Å². The molecule has 1 aromatic carbocycles. The lowest BCUT2D eigenvalue weighted by Gasteiger charge is -2.05. The predicted octanol–water partition coefficient (Wildman–Crippen LogP) is 0.564. The van der Waals surface area contributed by atoms with Gasteiger partial charge in [0, 0.05) is 12.3 Å². The Bertz CT molecular complexity index is 567. The summed E-state index contributed by atoms with van der Waals surface area (Å²) in [7, 11) is 0. The molecule has 0 spiro atoms. The molecule has 1 aromatic heterocycles. The van der Waals surface area contributed by atoms with E-state index in [0.29, 0.717) is 12.1 Å². The Morgan fingerprint density at radius 3 is 3.00 bits per heavy atom. The lowest BCUT2D eigenvalue weighted by molar-refractivity contribution is 0.101. The molecule has 5 N–H and O–H groups in total. The molecule has 0 unspecified atom stereocenters. The van der Waals surface area contributed by atoms with Gasteiger partial charge in [-0.15, -0.1) is 5.10 Å². The van der Waals surface area contributed by atoms with E-state index < -0.39 is 5.91 Å². The van der Waals surface area contributed by atoms with Gasteiger partial charge in [-0.05, 0) is 30.5 Å². The van der Waals surface area contributed by atoms with Gasteiger partial charge in [0.2, 0.25) is 11.8 Å². The molecule has 1 heterocycles. The molecule has 19 heavy (non-hydrogen) atoms. The predicted molar refractivity (Wildman–Crippen MR) is 70.6 cm³/mol. The zero-order valence-electron chi connectivity index (χ0n) is 10.3. The number of aliphatic hydroxyl groups excluding tert-OH is 1. The van der Waals surface area contributed by atoms with Crippen LogP contribution in [0, 0.1) is 0 Å². The summed E-state index contributed by atoms with van der Waals surface area (Å²) in [5.41, 5.74) is 7.04. The number of rotatable bonds is 5. The molecule has 0 aliphatic carbocycles. The first-order chi connectivity index (χ1) is 9.19. The molecule has 1 amide bonds. The largest absolute Gasteiger partial charge is 0.396 e. The Kier molecular flexibility index (Phi) is 4.09. The molecule has 0 aliphatic heterocycles. The van der Waals surface area contributed by atoms with Crippen LogP contribution in [0.1, 0.15) is 22.6 Å². The smallest absolute Gasteiger partial charge is 0.293 e. The number of nitrogen functional groups attached to an aromatic ring is 1. The maximum Gasteiger partial charge on any atom is 0.293 e. The number of hydrogen-bond donors (Lipinski definition) is 4. The Hall–Kier alpha value is -2.41. The number of aromatic amines is 1. The summed E-state index contributed by atoms with van der Waals surface area (Å²) in [6.07, 6.45) is 1.45. The number of carbonyl (C=O) groups excluding carboxylic acids is 1. The van der Waals surface area contributed by atoms with Crippen molar-refractivity contribution in [3.63, 3.8) is 0 Å². The summed E-state index contributed by atoms with van der Waals surface area (Å²) in [5.74, 6) is -0.302. The standard InChI is InChI=1S/C12H15N5O2/c13-12-15-10(16-17-12)11(19)14-9-5-1-3-8(7-9)4-2-6-18/h1,3,5,7,18H,2,4,6H2,(H,14,19)(H3,13,15,16,17). The minimum absolute atomic E-state index is 0.0295. The molecule has 0 saturated carbocycles. The van der Waals surface area contributed by atoms with E-state index in [0.717, 1.165) is 12.0 Å². The molecule has 2 rings (SSSR count). The van der Waals surface area contributed by atoms with Gasteiger partial charge in [-0.2, -0.15) is 4.98 Å². The lowest BCUT2D eigenvalue weighted by Crippen LogP contribution is -2.14. The highest BCUT2D eigenvalue weighted by molar-refractivity contribution is 6.01. The van der Waals surface area contributed by atoms with E-state index in [4.69, 9.17) is 10.8 Å². The number of nitrogens with one attached hydrogen (secondary N) is 2. The Labute approximate surface area is 109 Å². The zero-order valence-corrected chi connectivity index (χ0v) is 10.3. The number of hydrogen-bond acceptors (Lipinski definition) is 5. The number of carbonyl (C=O) groups is 1. The highest BCUT2D eigenvalue weighted by atomic mass is 16.2. The van der Waals surface area contributed by atoms with Gasteiger partial charge >= 0.3 is 0 Å². The summed E-state index contributed by atoms with van der Waals surface area (Å²) in [6.45, 7) is 0.147. The van der Waals surface area contributed by atoms with Gasteiger partial charge in [0.1, 0.15) is 0 Å². The summed E-state index contributed by atoms with van der Waals surface area (Å²) in [4.78, 5) is 15.6. The zero-order chi connectivity index (χ0) is 13.7. The minimum Gasteiger partial charge on any atom is -0.396 e. The molecule has 7 nitrogen and oxygen atoms in total. The van der Waals surface area contributed by atoms with Crippen molar-refractivity contribution >= 4 is 17.5 Å². The van der Waals surface area contributed by atoms with Crippen LogP contribution in [0.5, 0.6) is 0 Å². The van der Waals surface area contributed by atoms with Crippen molar-refractivity contribution in [1.29, 1.82) is 0 Å². The van der Waals surface area contributed by atoms with Gasteiger partial charge in [-0.1, -0.05) is 12.1 Å². The van der Waals surface area contributed by atoms with Crippen LogP contribution in [-0.4, -0.2) is 32.8 Å². The van der Waals surface area contributed by atoms with E-state index in [1.54, 1.807) is 6.07 Å². The molecule has 7 heteroatoms. The molecule has 0 radical (unpaired) electrons. The average Bonchev–Trinajstić information content (AvgIpc) is 2.83. The first-order valence-corrected chi connectivity index (χ1v) is 5.88. The summed E-state index contributed by atoms with van der Waals surface area (Å²) < 4.78 is 0. The van der Waals surface area contributed by atoms with Crippen LogP contribution in [0.3, 0.4) is 0 Å². The third-order valence-electron chi connectivity index (χ3n) is 2.53. The van der Waals surface area contributed by atoms with E-state index in [2.05, 4.69) is 20.5 Å². The first kappa shape index (κ1) is 13.0. The second-order valence-electron chi connectivity index (χ2n) is 4.02. The first-order valence-electron chi connectivity index (χ1n) is 5.88. The normalized spacial score (nSPS) is 10.4. The van der Waals surface area contributed by atoms with Crippen molar-refractivity contribution in [2.45, 2.75) is 12.8 Å². The van der Waals surface area contributed by atoms with Crippen LogP contribution < -0.4 is 11.1 Å². The van der Waals surface area contributed by atoms with E-state index in [1.807, 2.05) is 18.2 Å². The number of benzene rings is 1. The van der Waals surface area contributed by atoms with Crippen LogP contribution in [0.2, 0.25) is 0 Å². The summed E-state index contributed by atoms with van der Waals surface area (Å²) in [5, 5.41) is 17.5. The molecule has 0 aliphatic rings. The maximum atomic E-state index is 11.8. The number of anilines is 2. The van der Waals surface area contributed by atoms with Crippen molar-refractivity contribution in [3.8, 4) is 0 Å². The Morgan fingerprint density at radius 2 is 2.32 bits per heavy atom. The fourth-order valence-corrected chi connectivity index (χ4v) is 1.65. The van der Waals surface area contributed by atoms with Gasteiger partial charge in [-0.25, -0.2) is 0 Å². The SMILES string of the molecule is Nc1n[nH]c(C(=O)Nc2cccc(CCCO)c2)n1.